The average Bonchev–Trinajstić information content (AvgIpc) is 3.28. The van der Waals surface area contributed by atoms with Gasteiger partial charge in [-0.1, -0.05) is 36.4 Å². The molecule has 2 heterocycles. The maximum atomic E-state index is 12.8. The molecule has 2 aromatic carbocycles. The van der Waals surface area contributed by atoms with Gasteiger partial charge >= 0.3 is 6.03 Å². The Kier molecular flexibility index (Phi) is 7.09. The molecule has 0 bridgehead atoms. The number of urea groups is 1. The monoisotopic (exact) mass is 486 g/mol. The molecule has 0 unspecified atom stereocenters. The smallest absolute Gasteiger partial charge is 0.319 e. The lowest BCUT2D eigenvalue weighted by molar-refractivity contribution is 0.131. The number of nitrogens with zero attached hydrogens (tertiary/aromatic N) is 2. The number of hydrogen-bond acceptors (Lipinski definition) is 5. The molecule has 5 rings (SSSR count). The summed E-state index contributed by atoms with van der Waals surface area (Å²) in [5.74, 6) is 1.51. The lowest BCUT2D eigenvalue weighted by Crippen LogP contribution is -2.52. The van der Waals surface area contributed by atoms with Gasteiger partial charge in [-0.15, -0.1) is 0 Å². The number of methoxy groups -OCH3 is 2. The van der Waals surface area contributed by atoms with Gasteiger partial charge in [0.2, 0.25) is 0 Å². The van der Waals surface area contributed by atoms with Crippen LogP contribution < -0.4 is 20.1 Å². The molecule has 7 heteroatoms. The Morgan fingerprint density at radius 3 is 2.56 bits per heavy atom. The summed E-state index contributed by atoms with van der Waals surface area (Å²) in [4.78, 5) is 19.4. The van der Waals surface area contributed by atoms with Crippen LogP contribution >= 0.6 is 0 Å². The highest BCUT2D eigenvalue weighted by Gasteiger charge is 2.51. The van der Waals surface area contributed by atoms with Crippen LogP contribution in [0.1, 0.15) is 36.8 Å². The van der Waals surface area contributed by atoms with E-state index in [1.54, 1.807) is 38.7 Å². The van der Waals surface area contributed by atoms with Gasteiger partial charge in [0.05, 0.1) is 14.2 Å². The molecule has 2 amide bonds. The number of benzene rings is 2. The highest BCUT2D eigenvalue weighted by molar-refractivity contribution is 5.89. The van der Waals surface area contributed by atoms with Crippen molar-refractivity contribution >= 4 is 11.7 Å². The Morgan fingerprint density at radius 2 is 1.81 bits per heavy atom. The minimum atomic E-state index is -0.169. The van der Waals surface area contributed by atoms with Crippen LogP contribution in [0.4, 0.5) is 10.5 Å². The van der Waals surface area contributed by atoms with Gasteiger partial charge in [-0.05, 0) is 67.6 Å². The number of likely N-dealkylation sites (tertiary alicyclic amines) is 1. The minimum Gasteiger partial charge on any atom is -0.493 e. The fourth-order valence-corrected chi connectivity index (χ4v) is 6.05. The highest BCUT2D eigenvalue weighted by atomic mass is 16.5. The van der Waals surface area contributed by atoms with Crippen molar-refractivity contribution in [3.8, 4) is 11.5 Å². The summed E-state index contributed by atoms with van der Waals surface area (Å²) in [7, 11) is 3.36. The van der Waals surface area contributed by atoms with E-state index in [9.17, 15) is 4.79 Å². The van der Waals surface area contributed by atoms with E-state index in [4.69, 9.17) is 9.47 Å². The number of fused-ring (bicyclic) bond motifs is 1. The number of hydrogen-bond donors (Lipinski definition) is 2. The predicted octanol–water partition coefficient (Wildman–Crippen LogP) is 4.99. The quantitative estimate of drug-likeness (QED) is 0.492. The first-order valence-electron chi connectivity index (χ1n) is 12.6. The van der Waals surface area contributed by atoms with Gasteiger partial charge in [-0.25, -0.2) is 4.79 Å². The normalized spacial score (nSPS) is 23.5. The van der Waals surface area contributed by atoms with E-state index in [0.29, 0.717) is 6.04 Å². The van der Waals surface area contributed by atoms with E-state index in [1.807, 2.05) is 6.07 Å². The third kappa shape index (κ3) is 4.88. The van der Waals surface area contributed by atoms with Crippen molar-refractivity contribution in [2.24, 2.45) is 0 Å². The first kappa shape index (κ1) is 24.1. The Balaban J connectivity index is 1.39. The zero-order valence-corrected chi connectivity index (χ0v) is 20.9. The number of carbonyl (C=O) groups excluding carboxylic acids is 1. The molecule has 1 saturated carbocycles. The van der Waals surface area contributed by atoms with E-state index in [0.717, 1.165) is 56.0 Å². The third-order valence-corrected chi connectivity index (χ3v) is 7.83. The maximum Gasteiger partial charge on any atom is 0.319 e. The van der Waals surface area contributed by atoms with E-state index >= 15 is 0 Å². The largest absolute Gasteiger partial charge is 0.493 e. The van der Waals surface area contributed by atoms with E-state index in [-0.39, 0.29) is 17.5 Å². The Hall–Kier alpha value is -3.58. The third-order valence-electron chi connectivity index (χ3n) is 7.83. The summed E-state index contributed by atoms with van der Waals surface area (Å²) < 4.78 is 11.2. The predicted molar refractivity (Wildman–Crippen MR) is 141 cm³/mol. The van der Waals surface area contributed by atoms with Crippen LogP contribution in [0.5, 0.6) is 11.5 Å². The molecule has 188 valence electrons. The van der Waals surface area contributed by atoms with Gasteiger partial charge in [-0.2, -0.15) is 0 Å². The van der Waals surface area contributed by atoms with Gasteiger partial charge in [0.25, 0.3) is 0 Å². The van der Waals surface area contributed by atoms with Crippen LogP contribution in [0.25, 0.3) is 0 Å². The summed E-state index contributed by atoms with van der Waals surface area (Å²) >= 11 is 0. The van der Waals surface area contributed by atoms with Crippen molar-refractivity contribution in [1.29, 1.82) is 0 Å². The molecule has 2 fully saturated rings. The van der Waals surface area contributed by atoms with Crippen molar-refractivity contribution < 1.29 is 14.3 Å². The Morgan fingerprint density at radius 1 is 1.03 bits per heavy atom. The van der Waals surface area contributed by atoms with Crippen molar-refractivity contribution in [2.45, 2.75) is 49.7 Å². The lowest BCUT2D eigenvalue weighted by atomic mass is 9.65. The molecule has 3 atom stereocenters. The van der Waals surface area contributed by atoms with E-state index < -0.39 is 0 Å². The zero-order valence-electron chi connectivity index (χ0n) is 20.9. The summed E-state index contributed by atoms with van der Waals surface area (Å²) in [6.45, 7) is 1.92. The molecule has 1 aliphatic heterocycles. The van der Waals surface area contributed by atoms with Gasteiger partial charge in [0, 0.05) is 42.1 Å². The molecule has 2 aliphatic rings. The Labute approximate surface area is 212 Å². The van der Waals surface area contributed by atoms with E-state index in [2.05, 4.69) is 63.0 Å². The van der Waals surface area contributed by atoms with Gasteiger partial charge in [0.1, 0.15) is 0 Å². The number of carbonyl (C=O) groups is 1. The van der Waals surface area contributed by atoms with Crippen LogP contribution in [0.2, 0.25) is 0 Å². The molecule has 36 heavy (non-hydrogen) atoms. The molecule has 0 radical (unpaired) electrons. The van der Waals surface area contributed by atoms with Crippen molar-refractivity contribution in [1.82, 2.24) is 15.2 Å². The highest BCUT2D eigenvalue weighted by Crippen LogP contribution is 2.50. The fourth-order valence-electron chi connectivity index (χ4n) is 6.05. The first-order valence-corrected chi connectivity index (χ1v) is 12.6. The molecule has 1 aromatic heterocycles. The minimum absolute atomic E-state index is 0.00802. The zero-order chi connectivity index (χ0) is 25.0. The van der Waals surface area contributed by atoms with E-state index in [1.165, 1.54) is 11.1 Å². The Bertz CT molecular complexity index is 1170. The van der Waals surface area contributed by atoms with Gasteiger partial charge in [0.15, 0.2) is 11.5 Å². The standard InChI is InChI=1S/C29H34N4O3/c1-35-25-9-8-22(18-26(25)36-2)29-13-10-24(32-28(34)31-23-11-15-30-16-12-23)19-27(29)33(17-14-29)20-21-6-4-3-5-7-21/h3-9,11-12,15-16,18,24,27H,10,13-14,17,19-20H2,1-2H3,(H2,30,31,32,34)/t24-,27+,29-/m0/s1. The number of rotatable bonds is 7. The average molecular weight is 487 g/mol. The number of ether oxygens (including phenoxy) is 2. The van der Waals surface area contributed by atoms with Crippen molar-refractivity contribution in [3.63, 3.8) is 0 Å². The number of amides is 2. The van der Waals surface area contributed by atoms with Gasteiger partial charge < -0.3 is 20.1 Å². The lowest BCUT2D eigenvalue weighted by Gasteiger charge is -2.45. The van der Waals surface area contributed by atoms with Crippen molar-refractivity contribution in [3.05, 3.63) is 84.2 Å². The van der Waals surface area contributed by atoms with Crippen LogP contribution in [-0.4, -0.2) is 48.8 Å². The van der Waals surface area contributed by atoms with Crippen LogP contribution in [0.15, 0.2) is 73.1 Å². The second-order valence-corrected chi connectivity index (χ2v) is 9.75. The van der Waals surface area contributed by atoms with Crippen LogP contribution in [0, 0.1) is 0 Å². The van der Waals surface area contributed by atoms with Crippen LogP contribution in [0.3, 0.4) is 0 Å². The topological polar surface area (TPSA) is 75.7 Å². The molecular formula is C29H34N4O3. The summed E-state index contributed by atoms with van der Waals surface area (Å²) in [5, 5.41) is 6.17. The maximum absolute atomic E-state index is 12.8. The summed E-state index contributed by atoms with van der Waals surface area (Å²) in [6.07, 6.45) is 7.24. The second-order valence-electron chi connectivity index (χ2n) is 9.75. The number of anilines is 1. The molecule has 0 spiro atoms. The molecular weight excluding hydrogens is 452 g/mol. The fraction of sp³-hybridized carbons (Fsp3) is 0.379. The first-order chi connectivity index (χ1) is 17.6. The number of nitrogens with one attached hydrogen (secondary N) is 2. The number of aromatic nitrogens is 1. The molecule has 1 saturated heterocycles. The molecule has 1 aliphatic carbocycles. The summed E-state index contributed by atoms with van der Waals surface area (Å²) in [5.41, 5.74) is 3.35. The molecule has 2 N–H and O–H groups in total. The summed E-state index contributed by atoms with van der Waals surface area (Å²) in [6, 6.07) is 20.8. The van der Waals surface area contributed by atoms with Crippen molar-refractivity contribution in [2.75, 3.05) is 26.1 Å². The second kappa shape index (κ2) is 10.6. The molecule has 7 nitrogen and oxygen atoms in total. The van der Waals surface area contributed by atoms with Crippen LogP contribution in [-0.2, 0) is 12.0 Å². The van der Waals surface area contributed by atoms with Gasteiger partial charge in [-0.3, -0.25) is 9.88 Å². The SMILES string of the molecule is COc1ccc([C@@]23CC[C@H](NC(=O)Nc4ccncc4)C[C@H]2N(Cc2ccccc2)CC3)cc1OC. The number of pyridine rings is 1. The molecule has 3 aromatic rings.